The van der Waals surface area contributed by atoms with E-state index in [-0.39, 0.29) is 11.9 Å². The number of aryl methyl sites for hydroxylation is 1. The lowest BCUT2D eigenvalue weighted by Gasteiger charge is -2.15. The van der Waals surface area contributed by atoms with Gasteiger partial charge in [-0.1, -0.05) is 44.2 Å². The monoisotopic (exact) mass is 276 g/mol. The van der Waals surface area contributed by atoms with Crippen LogP contribution in [0.2, 0.25) is 0 Å². The summed E-state index contributed by atoms with van der Waals surface area (Å²) >= 11 is 0. The first-order valence-electron chi connectivity index (χ1n) is 7.64. The Morgan fingerprint density at radius 3 is 2.45 bits per heavy atom. The Morgan fingerprint density at radius 1 is 1.10 bits per heavy atom. The topological polar surface area (TPSA) is 41.1 Å². The normalized spacial score (nSPS) is 12.4. The van der Waals surface area contributed by atoms with E-state index in [0.717, 1.165) is 32.4 Å². The number of rotatable bonds is 9. The fourth-order valence-electron chi connectivity index (χ4n) is 1.97. The van der Waals surface area contributed by atoms with Gasteiger partial charge in [-0.2, -0.15) is 0 Å². The molecule has 0 bridgehead atoms. The minimum atomic E-state index is -0.106. The summed E-state index contributed by atoms with van der Waals surface area (Å²) < 4.78 is 0. The van der Waals surface area contributed by atoms with Crippen molar-refractivity contribution in [2.45, 2.75) is 46.1 Å². The first-order valence-corrected chi connectivity index (χ1v) is 7.64. The fourth-order valence-corrected chi connectivity index (χ4v) is 1.97. The lowest BCUT2D eigenvalue weighted by atomic mass is 10.1. The zero-order chi connectivity index (χ0) is 14.8. The van der Waals surface area contributed by atoms with E-state index in [2.05, 4.69) is 48.7 Å². The third-order valence-corrected chi connectivity index (χ3v) is 3.26. The van der Waals surface area contributed by atoms with Gasteiger partial charge in [0.25, 0.3) is 0 Å². The molecule has 1 amide bonds. The molecule has 112 valence electrons. The van der Waals surface area contributed by atoms with Gasteiger partial charge in [0.2, 0.25) is 5.91 Å². The second kappa shape index (κ2) is 9.54. The van der Waals surface area contributed by atoms with Crippen LogP contribution in [-0.2, 0) is 11.2 Å². The Balaban J connectivity index is 2.07. The standard InChI is InChI=1S/C17H28N2O/c1-14(2)13-19-17(20)15(3)18-12-8-7-11-16-9-5-4-6-10-16/h4-6,9-10,14-15,18H,7-8,11-13H2,1-3H3,(H,19,20). The Kier molecular flexibility index (Phi) is 7.97. The molecule has 1 rings (SSSR count). The summed E-state index contributed by atoms with van der Waals surface area (Å²) in [7, 11) is 0. The molecule has 0 spiro atoms. The van der Waals surface area contributed by atoms with Crippen LogP contribution in [0.25, 0.3) is 0 Å². The van der Waals surface area contributed by atoms with Crippen molar-refractivity contribution in [3.8, 4) is 0 Å². The van der Waals surface area contributed by atoms with E-state index in [1.54, 1.807) is 0 Å². The molecule has 0 heterocycles. The number of unbranched alkanes of at least 4 members (excludes halogenated alkanes) is 1. The van der Waals surface area contributed by atoms with Gasteiger partial charge >= 0.3 is 0 Å². The first kappa shape index (κ1) is 16.7. The van der Waals surface area contributed by atoms with Crippen LogP contribution >= 0.6 is 0 Å². The van der Waals surface area contributed by atoms with Crippen molar-refractivity contribution in [3.63, 3.8) is 0 Å². The number of carbonyl (C=O) groups is 1. The van der Waals surface area contributed by atoms with Crippen molar-refractivity contribution in [2.24, 2.45) is 5.92 Å². The van der Waals surface area contributed by atoms with Crippen molar-refractivity contribution in [2.75, 3.05) is 13.1 Å². The number of carbonyl (C=O) groups excluding carboxylic acids is 1. The SMILES string of the molecule is CC(C)CNC(=O)C(C)NCCCCc1ccccc1. The molecule has 0 saturated heterocycles. The fraction of sp³-hybridized carbons (Fsp3) is 0.588. The highest BCUT2D eigenvalue weighted by Crippen LogP contribution is 2.03. The molecule has 0 aliphatic carbocycles. The molecule has 0 radical (unpaired) electrons. The van der Waals surface area contributed by atoms with Crippen LogP contribution in [-0.4, -0.2) is 25.0 Å². The zero-order valence-corrected chi connectivity index (χ0v) is 13.0. The van der Waals surface area contributed by atoms with Gasteiger partial charge in [0.15, 0.2) is 0 Å². The van der Waals surface area contributed by atoms with Crippen molar-refractivity contribution in [3.05, 3.63) is 35.9 Å². The second-order valence-electron chi connectivity index (χ2n) is 5.76. The van der Waals surface area contributed by atoms with Gasteiger partial charge in [-0.05, 0) is 44.2 Å². The molecule has 0 aliphatic heterocycles. The highest BCUT2D eigenvalue weighted by molar-refractivity contribution is 5.81. The van der Waals surface area contributed by atoms with Gasteiger partial charge in [-0.15, -0.1) is 0 Å². The number of amides is 1. The smallest absolute Gasteiger partial charge is 0.236 e. The lowest BCUT2D eigenvalue weighted by molar-refractivity contribution is -0.122. The third-order valence-electron chi connectivity index (χ3n) is 3.26. The quantitative estimate of drug-likeness (QED) is 0.681. The molecular formula is C17H28N2O. The van der Waals surface area contributed by atoms with E-state index in [9.17, 15) is 4.79 Å². The van der Waals surface area contributed by atoms with Crippen molar-refractivity contribution in [1.82, 2.24) is 10.6 Å². The van der Waals surface area contributed by atoms with Gasteiger partial charge in [0, 0.05) is 6.54 Å². The molecule has 1 atom stereocenters. The summed E-state index contributed by atoms with van der Waals surface area (Å²) in [6.45, 7) is 7.76. The largest absolute Gasteiger partial charge is 0.354 e. The first-order chi connectivity index (χ1) is 9.59. The molecule has 1 aromatic rings. The van der Waals surface area contributed by atoms with Crippen LogP contribution in [0.1, 0.15) is 39.2 Å². The molecule has 1 aromatic carbocycles. The predicted molar refractivity (Wildman–Crippen MR) is 84.7 cm³/mol. The van der Waals surface area contributed by atoms with E-state index < -0.39 is 0 Å². The Labute approximate surface area is 123 Å². The maximum atomic E-state index is 11.8. The van der Waals surface area contributed by atoms with Crippen LogP contribution in [0.3, 0.4) is 0 Å². The van der Waals surface area contributed by atoms with Crippen LogP contribution < -0.4 is 10.6 Å². The molecule has 0 aliphatic rings. The molecule has 3 heteroatoms. The number of benzene rings is 1. The van der Waals surface area contributed by atoms with E-state index >= 15 is 0 Å². The highest BCUT2D eigenvalue weighted by Gasteiger charge is 2.11. The van der Waals surface area contributed by atoms with Crippen molar-refractivity contribution >= 4 is 5.91 Å². The van der Waals surface area contributed by atoms with Gasteiger partial charge in [0.1, 0.15) is 0 Å². The van der Waals surface area contributed by atoms with Gasteiger partial charge in [0.05, 0.1) is 6.04 Å². The molecular weight excluding hydrogens is 248 g/mol. The zero-order valence-electron chi connectivity index (χ0n) is 13.0. The minimum Gasteiger partial charge on any atom is -0.354 e. The van der Waals surface area contributed by atoms with Gasteiger partial charge in [-0.25, -0.2) is 0 Å². The average molecular weight is 276 g/mol. The number of nitrogens with one attached hydrogen (secondary N) is 2. The maximum absolute atomic E-state index is 11.8. The second-order valence-corrected chi connectivity index (χ2v) is 5.76. The Bertz CT molecular complexity index is 376. The molecule has 1 unspecified atom stereocenters. The molecule has 3 nitrogen and oxygen atoms in total. The predicted octanol–water partition coefficient (Wildman–Crippen LogP) is 2.76. The van der Waals surface area contributed by atoms with Crippen molar-refractivity contribution < 1.29 is 4.79 Å². The summed E-state index contributed by atoms with van der Waals surface area (Å²) in [6.07, 6.45) is 3.35. The molecule has 0 aromatic heterocycles. The number of hydrogen-bond acceptors (Lipinski definition) is 2. The van der Waals surface area contributed by atoms with Gasteiger partial charge < -0.3 is 10.6 Å². The maximum Gasteiger partial charge on any atom is 0.236 e. The van der Waals surface area contributed by atoms with E-state index in [4.69, 9.17) is 0 Å². The van der Waals surface area contributed by atoms with Crippen molar-refractivity contribution in [1.29, 1.82) is 0 Å². The Hall–Kier alpha value is -1.35. The van der Waals surface area contributed by atoms with Crippen LogP contribution in [0.5, 0.6) is 0 Å². The number of hydrogen-bond donors (Lipinski definition) is 2. The molecule has 0 saturated carbocycles. The Morgan fingerprint density at radius 2 is 1.80 bits per heavy atom. The summed E-state index contributed by atoms with van der Waals surface area (Å²) in [4.78, 5) is 11.8. The lowest BCUT2D eigenvalue weighted by Crippen LogP contribution is -2.43. The molecule has 0 fully saturated rings. The van der Waals surface area contributed by atoms with Crippen LogP contribution in [0.4, 0.5) is 0 Å². The van der Waals surface area contributed by atoms with E-state index in [0.29, 0.717) is 5.92 Å². The third kappa shape index (κ3) is 7.29. The van der Waals surface area contributed by atoms with E-state index in [1.807, 2.05) is 13.0 Å². The summed E-state index contributed by atoms with van der Waals surface area (Å²) in [5, 5.41) is 6.23. The van der Waals surface area contributed by atoms with Crippen LogP contribution in [0.15, 0.2) is 30.3 Å². The summed E-state index contributed by atoms with van der Waals surface area (Å²) in [6, 6.07) is 10.4. The molecule has 2 N–H and O–H groups in total. The summed E-state index contributed by atoms with van der Waals surface area (Å²) in [5.74, 6) is 0.596. The van der Waals surface area contributed by atoms with E-state index in [1.165, 1.54) is 5.56 Å². The highest BCUT2D eigenvalue weighted by atomic mass is 16.2. The molecule has 20 heavy (non-hydrogen) atoms. The van der Waals surface area contributed by atoms with Gasteiger partial charge in [-0.3, -0.25) is 4.79 Å². The minimum absolute atomic E-state index is 0.0989. The summed E-state index contributed by atoms with van der Waals surface area (Å²) in [5.41, 5.74) is 1.38. The average Bonchev–Trinajstić information content (AvgIpc) is 2.45. The van der Waals surface area contributed by atoms with Crippen LogP contribution in [0, 0.1) is 5.92 Å².